The molecule has 0 saturated carbocycles. The summed E-state index contributed by atoms with van der Waals surface area (Å²) in [5, 5.41) is 0.0107. The van der Waals surface area contributed by atoms with Gasteiger partial charge in [0.25, 0.3) is 10.0 Å². The fourth-order valence-corrected chi connectivity index (χ4v) is 3.06. The minimum absolute atomic E-state index is 0.0107. The van der Waals surface area contributed by atoms with E-state index in [4.69, 9.17) is 17.3 Å². The van der Waals surface area contributed by atoms with Crippen LogP contribution in [-0.2, 0) is 10.0 Å². The van der Waals surface area contributed by atoms with Crippen molar-refractivity contribution in [2.24, 2.45) is 0 Å². The van der Waals surface area contributed by atoms with E-state index in [0.717, 1.165) is 24.3 Å². The van der Waals surface area contributed by atoms with Gasteiger partial charge >= 0.3 is 0 Å². The van der Waals surface area contributed by atoms with Gasteiger partial charge in [-0.15, -0.1) is 0 Å². The Bertz CT molecular complexity index is 790. The van der Waals surface area contributed by atoms with Gasteiger partial charge in [0.1, 0.15) is 16.5 Å². The quantitative estimate of drug-likeness (QED) is 0.847. The van der Waals surface area contributed by atoms with E-state index in [-0.39, 0.29) is 16.4 Å². The molecule has 0 fully saturated rings. The molecule has 0 spiro atoms. The highest BCUT2D eigenvalue weighted by Gasteiger charge is 2.21. The van der Waals surface area contributed by atoms with E-state index in [1.165, 1.54) is 6.07 Å². The van der Waals surface area contributed by atoms with Crippen LogP contribution in [0.4, 0.5) is 20.2 Å². The van der Waals surface area contributed by atoms with E-state index in [0.29, 0.717) is 5.56 Å². The third kappa shape index (κ3) is 3.43. The molecule has 0 amide bonds. The maximum absolute atomic E-state index is 13.8. The van der Waals surface area contributed by atoms with Gasteiger partial charge in [0, 0.05) is 10.7 Å². The smallest absolute Gasteiger partial charge is 0.264 e. The number of nitrogen functional groups attached to an aromatic ring is 1. The van der Waals surface area contributed by atoms with Gasteiger partial charge in [0.05, 0.1) is 5.69 Å². The summed E-state index contributed by atoms with van der Waals surface area (Å²) in [4.78, 5) is -0.619. The first-order valence-corrected chi connectivity index (χ1v) is 7.60. The van der Waals surface area contributed by atoms with Crippen molar-refractivity contribution in [3.8, 4) is 0 Å². The molecular weight excluding hydrogens is 322 g/mol. The topological polar surface area (TPSA) is 72.2 Å². The minimum atomic E-state index is -4.25. The van der Waals surface area contributed by atoms with Crippen LogP contribution in [0.25, 0.3) is 0 Å². The molecule has 4 nitrogen and oxygen atoms in total. The van der Waals surface area contributed by atoms with Gasteiger partial charge in [-0.25, -0.2) is 17.2 Å². The van der Waals surface area contributed by atoms with Crippen molar-refractivity contribution in [1.29, 1.82) is 0 Å². The lowest BCUT2D eigenvalue weighted by atomic mass is 10.2. The van der Waals surface area contributed by atoms with Crippen LogP contribution in [0.3, 0.4) is 0 Å². The molecule has 0 aliphatic rings. The molecule has 0 heterocycles. The van der Waals surface area contributed by atoms with Crippen LogP contribution in [0.15, 0.2) is 35.2 Å². The first-order chi connectivity index (χ1) is 9.69. The number of halogens is 3. The summed E-state index contributed by atoms with van der Waals surface area (Å²) in [5.41, 5.74) is 6.03. The molecule has 0 atom stereocenters. The summed E-state index contributed by atoms with van der Waals surface area (Å²) in [7, 11) is -4.25. The van der Waals surface area contributed by atoms with Crippen LogP contribution in [-0.4, -0.2) is 8.42 Å². The van der Waals surface area contributed by atoms with Crippen molar-refractivity contribution in [3.63, 3.8) is 0 Å². The zero-order valence-electron chi connectivity index (χ0n) is 10.8. The van der Waals surface area contributed by atoms with E-state index in [1.807, 2.05) is 0 Å². The lowest BCUT2D eigenvalue weighted by Gasteiger charge is -2.11. The Morgan fingerprint density at radius 1 is 1.14 bits per heavy atom. The van der Waals surface area contributed by atoms with Gasteiger partial charge in [-0.3, -0.25) is 4.72 Å². The van der Waals surface area contributed by atoms with Crippen molar-refractivity contribution in [1.82, 2.24) is 0 Å². The summed E-state index contributed by atoms with van der Waals surface area (Å²) < 4.78 is 53.3. The van der Waals surface area contributed by atoms with Gasteiger partial charge in [-0.2, -0.15) is 0 Å². The molecule has 2 aromatic rings. The second kappa shape index (κ2) is 5.50. The Balaban J connectivity index is 2.45. The third-order valence-electron chi connectivity index (χ3n) is 2.72. The summed E-state index contributed by atoms with van der Waals surface area (Å²) in [6.45, 7) is 1.55. The number of nitrogens with two attached hydrogens (primary N) is 1. The molecule has 0 aliphatic heterocycles. The molecule has 2 rings (SSSR count). The Morgan fingerprint density at radius 2 is 1.81 bits per heavy atom. The molecule has 2 aromatic carbocycles. The van der Waals surface area contributed by atoms with Gasteiger partial charge < -0.3 is 5.73 Å². The van der Waals surface area contributed by atoms with Crippen LogP contribution in [0, 0.1) is 18.6 Å². The highest BCUT2D eigenvalue weighted by Crippen LogP contribution is 2.25. The second-order valence-corrected chi connectivity index (χ2v) is 6.49. The fraction of sp³-hybridized carbons (Fsp3) is 0.0769. The summed E-state index contributed by atoms with van der Waals surface area (Å²) in [6.07, 6.45) is 0. The zero-order chi connectivity index (χ0) is 15.8. The number of anilines is 2. The van der Waals surface area contributed by atoms with Crippen molar-refractivity contribution in [2.75, 3.05) is 10.5 Å². The highest BCUT2D eigenvalue weighted by molar-refractivity contribution is 7.92. The SMILES string of the molecule is Cc1cc(F)c(S(=O)(=O)Nc2cc(F)cc(Cl)c2)cc1N. The van der Waals surface area contributed by atoms with E-state index in [1.54, 1.807) is 6.92 Å². The van der Waals surface area contributed by atoms with Crippen LogP contribution >= 0.6 is 11.6 Å². The lowest BCUT2D eigenvalue weighted by Crippen LogP contribution is -2.15. The molecule has 0 unspecified atom stereocenters. The summed E-state index contributed by atoms with van der Waals surface area (Å²) in [6, 6.07) is 5.18. The second-order valence-electron chi connectivity index (χ2n) is 4.40. The minimum Gasteiger partial charge on any atom is -0.398 e. The highest BCUT2D eigenvalue weighted by atomic mass is 35.5. The molecule has 0 radical (unpaired) electrons. The van der Waals surface area contributed by atoms with E-state index >= 15 is 0 Å². The number of hydrogen-bond donors (Lipinski definition) is 2. The van der Waals surface area contributed by atoms with Crippen LogP contribution in [0.1, 0.15) is 5.56 Å². The van der Waals surface area contributed by atoms with E-state index < -0.39 is 26.6 Å². The Morgan fingerprint density at radius 3 is 2.43 bits per heavy atom. The average Bonchev–Trinajstić information content (AvgIpc) is 2.31. The maximum Gasteiger partial charge on any atom is 0.264 e. The van der Waals surface area contributed by atoms with Crippen molar-refractivity contribution < 1.29 is 17.2 Å². The number of sulfonamides is 1. The molecular formula is C13H11ClF2N2O2S. The number of hydrogen-bond acceptors (Lipinski definition) is 3. The Kier molecular flexibility index (Phi) is 4.06. The number of nitrogens with one attached hydrogen (secondary N) is 1. The van der Waals surface area contributed by atoms with Crippen molar-refractivity contribution in [2.45, 2.75) is 11.8 Å². The largest absolute Gasteiger partial charge is 0.398 e. The molecule has 3 N–H and O–H groups in total. The Labute approximate surface area is 125 Å². The third-order valence-corrected chi connectivity index (χ3v) is 4.34. The van der Waals surface area contributed by atoms with Gasteiger partial charge in [-0.1, -0.05) is 11.6 Å². The monoisotopic (exact) mass is 332 g/mol. The van der Waals surface area contributed by atoms with E-state index in [2.05, 4.69) is 4.72 Å². The van der Waals surface area contributed by atoms with Crippen molar-refractivity contribution in [3.05, 3.63) is 52.6 Å². The summed E-state index contributed by atoms with van der Waals surface area (Å²) in [5.74, 6) is -1.67. The zero-order valence-corrected chi connectivity index (χ0v) is 12.4. The standard InChI is InChI=1S/C13H11ClF2N2O2S/c1-7-2-11(16)13(6-12(7)17)21(19,20)18-10-4-8(14)3-9(15)5-10/h2-6,18H,17H2,1H3. The number of aryl methyl sites for hydroxylation is 1. The summed E-state index contributed by atoms with van der Waals surface area (Å²) >= 11 is 5.63. The van der Waals surface area contributed by atoms with Crippen LogP contribution in [0.2, 0.25) is 5.02 Å². The number of rotatable bonds is 3. The first kappa shape index (κ1) is 15.5. The Hall–Kier alpha value is -1.86. The van der Waals surface area contributed by atoms with Gasteiger partial charge in [-0.05, 0) is 42.8 Å². The molecule has 0 saturated heterocycles. The van der Waals surface area contributed by atoms with Crippen LogP contribution in [0.5, 0.6) is 0 Å². The van der Waals surface area contributed by atoms with Crippen LogP contribution < -0.4 is 10.5 Å². The maximum atomic E-state index is 13.8. The lowest BCUT2D eigenvalue weighted by molar-refractivity contribution is 0.570. The molecule has 112 valence electrons. The van der Waals surface area contributed by atoms with Gasteiger partial charge in [0.2, 0.25) is 0 Å². The fourth-order valence-electron chi connectivity index (χ4n) is 1.70. The molecule has 0 bridgehead atoms. The first-order valence-electron chi connectivity index (χ1n) is 5.73. The molecule has 8 heteroatoms. The molecule has 0 aromatic heterocycles. The molecule has 21 heavy (non-hydrogen) atoms. The predicted octanol–water partition coefficient (Wildman–Crippen LogP) is 3.31. The van der Waals surface area contributed by atoms with Gasteiger partial charge in [0.15, 0.2) is 0 Å². The normalized spacial score (nSPS) is 11.4. The average molecular weight is 333 g/mol. The number of benzene rings is 2. The van der Waals surface area contributed by atoms with E-state index in [9.17, 15) is 17.2 Å². The predicted molar refractivity (Wildman–Crippen MR) is 77.8 cm³/mol. The van der Waals surface area contributed by atoms with Crippen molar-refractivity contribution >= 4 is 33.0 Å². The molecule has 0 aliphatic carbocycles.